The van der Waals surface area contributed by atoms with E-state index in [1.54, 1.807) is 7.11 Å². The second-order valence-electron chi connectivity index (χ2n) is 5.44. The smallest absolute Gasteiger partial charge is 0.158 e. The fourth-order valence-electron chi connectivity index (χ4n) is 2.41. The third-order valence-electron chi connectivity index (χ3n) is 3.57. The van der Waals surface area contributed by atoms with Crippen LogP contribution in [0.15, 0.2) is 6.07 Å². The molecule has 1 aliphatic rings. The van der Waals surface area contributed by atoms with Gasteiger partial charge in [-0.25, -0.2) is 15.8 Å². The minimum absolute atomic E-state index is 0.341. The minimum atomic E-state index is -0.591. The maximum absolute atomic E-state index is 10.1. The van der Waals surface area contributed by atoms with Gasteiger partial charge in [0.15, 0.2) is 5.82 Å². The van der Waals surface area contributed by atoms with Gasteiger partial charge < -0.3 is 20.2 Å². The van der Waals surface area contributed by atoms with Gasteiger partial charge in [-0.2, -0.15) is 0 Å². The van der Waals surface area contributed by atoms with E-state index < -0.39 is 5.60 Å². The molecule has 4 N–H and O–H groups in total. The molecule has 0 amide bonds. The normalized spacial score (nSPS) is 23.5. The lowest BCUT2D eigenvalue weighted by atomic mass is 9.98. The number of aliphatic hydroxyl groups is 1. The van der Waals surface area contributed by atoms with Crippen molar-refractivity contribution in [2.75, 3.05) is 30.5 Å². The van der Waals surface area contributed by atoms with Crippen molar-refractivity contribution >= 4 is 11.6 Å². The quantitative estimate of drug-likeness (QED) is 0.550. The van der Waals surface area contributed by atoms with Gasteiger partial charge in [0, 0.05) is 26.3 Å². The van der Waals surface area contributed by atoms with Crippen LogP contribution in [0.3, 0.4) is 0 Å². The van der Waals surface area contributed by atoms with Crippen molar-refractivity contribution in [3.63, 3.8) is 0 Å². The number of rotatable bonds is 4. The highest BCUT2D eigenvalue weighted by Gasteiger charge is 2.25. The average molecular weight is 281 g/mol. The zero-order valence-electron chi connectivity index (χ0n) is 12.1. The maximum Gasteiger partial charge on any atom is 0.158 e. The molecule has 0 aromatic carbocycles. The second kappa shape index (κ2) is 6.34. The Morgan fingerprint density at radius 2 is 2.25 bits per heavy atom. The summed E-state index contributed by atoms with van der Waals surface area (Å²) in [6.45, 7) is 3.86. The first-order valence-corrected chi connectivity index (χ1v) is 6.85. The van der Waals surface area contributed by atoms with Gasteiger partial charge in [0.05, 0.1) is 5.60 Å². The molecule has 1 fully saturated rings. The number of nitrogen functional groups attached to an aromatic ring is 1. The molecule has 0 spiro atoms. The third kappa shape index (κ3) is 3.78. The highest BCUT2D eigenvalue weighted by atomic mass is 16.5. The summed E-state index contributed by atoms with van der Waals surface area (Å²) in [5.74, 6) is 7.42. The molecular weight excluding hydrogens is 258 g/mol. The first-order chi connectivity index (χ1) is 9.54. The van der Waals surface area contributed by atoms with E-state index in [1.807, 2.05) is 13.0 Å². The molecule has 1 aromatic heterocycles. The molecule has 1 saturated heterocycles. The Balaban J connectivity index is 2.20. The first kappa shape index (κ1) is 15.0. The van der Waals surface area contributed by atoms with Crippen molar-refractivity contribution in [2.24, 2.45) is 5.84 Å². The molecule has 0 bridgehead atoms. The Bertz CT molecular complexity index is 452. The molecule has 1 aromatic rings. The fourth-order valence-corrected chi connectivity index (χ4v) is 2.41. The second-order valence-corrected chi connectivity index (χ2v) is 5.44. The molecule has 2 rings (SSSR count). The van der Waals surface area contributed by atoms with Crippen LogP contribution in [0.1, 0.15) is 32.0 Å². The standard InChI is InChI=1S/C13H23N5O2/c1-13(19)4-3-6-18(7-5-13)12-8-10(17-14)15-11(16-12)9-20-2/h8,19H,3-7,9,14H2,1-2H3,(H,15,16,17). The van der Waals surface area contributed by atoms with E-state index in [2.05, 4.69) is 20.3 Å². The number of nitrogens with one attached hydrogen (secondary N) is 1. The summed E-state index contributed by atoms with van der Waals surface area (Å²) in [4.78, 5) is 10.9. The van der Waals surface area contributed by atoms with Crippen molar-refractivity contribution in [2.45, 2.75) is 38.4 Å². The number of hydrogen-bond acceptors (Lipinski definition) is 7. The molecule has 1 aliphatic heterocycles. The Morgan fingerprint density at radius 1 is 1.45 bits per heavy atom. The van der Waals surface area contributed by atoms with Gasteiger partial charge in [-0.05, 0) is 26.2 Å². The zero-order chi connectivity index (χ0) is 14.6. The highest BCUT2D eigenvalue weighted by molar-refractivity contribution is 5.49. The summed E-state index contributed by atoms with van der Waals surface area (Å²) >= 11 is 0. The Labute approximate surface area is 119 Å². The van der Waals surface area contributed by atoms with Crippen LogP contribution in [-0.2, 0) is 11.3 Å². The first-order valence-electron chi connectivity index (χ1n) is 6.85. The molecule has 7 nitrogen and oxygen atoms in total. The van der Waals surface area contributed by atoms with E-state index in [0.29, 0.717) is 18.2 Å². The lowest BCUT2D eigenvalue weighted by Gasteiger charge is -2.24. The van der Waals surface area contributed by atoms with Crippen LogP contribution in [0.2, 0.25) is 0 Å². The molecule has 1 unspecified atom stereocenters. The van der Waals surface area contributed by atoms with Crippen molar-refractivity contribution in [3.8, 4) is 0 Å². The van der Waals surface area contributed by atoms with Crippen LogP contribution in [0, 0.1) is 0 Å². The van der Waals surface area contributed by atoms with Crippen molar-refractivity contribution in [1.82, 2.24) is 9.97 Å². The average Bonchev–Trinajstić information content (AvgIpc) is 2.59. The van der Waals surface area contributed by atoms with Gasteiger partial charge in [0.2, 0.25) is 0 Å². The number of methoxy groups -OCH3 is 1. The van der Waals surface area contributed by atoms with Crippen molar-refractivity contribution in [1.29, 1.82) is 0 Å². The predicted molar refractivity (Wildman–Crippen MR) is 77.2 cm³/mol. The summed E-state index contributed by atoms with van der Waals surface area (Å²) in [7, 11) is 1.61. The van der Waals surface area contributed by atoms with Crippen LogP contribution in [0.5, 0.6) is 0 Å². The zero-order valence-corrected chi connectivity index (χ0v) is 12.1. The number of nitrogens with two attached hydrogens (primary N) is 1. The molecule has 112 valence electrons. The van der Waals surface area contributed by atoms with Crippen LogP contribution in [0.25, 0.3) is 0 Å². The number of hydrogen-bond donors (Lipinski definition) is 3. The molecular formula is C13H23N5O2. The van der Waals surface area contributed by atoms with E-state index in [-0.39, 0.29) is 0 Å². The Kier molecular flexibility index (Phi) is 4.74. The number of aromatic nitrogens is 2. The molecule has 7 heteroatoms. The van der Waals surface area contributed by atoms with Crippen molar-refractivity contribution in [3.05, 3.63) is 11.9 Å². The molecule has 20 heavy (non-hydrogen) atoms. The molecule has 0 radical (unpaired) electrons. The summed E-state index contributed by atoms with van der Waals surface area (Å²) in [5, 5.41) is 10.1. The van der Waals surface area contributed by atoms with Crippen LogP contribution in [0.4, 0.5) is 11.6 Å². The highest BCUT2D eigenvalue weighted by Crippen LogP contribution is 2.25. The maximum atomic E-state index is 10.1. The van der Waals surface area contributed by atoms with Gasteiger partial charge in [-0.3, -0.25) is 0 Å². The topological polar surface area (TPSA) is 96.5 Å². The largest absolute Gasteiger partial charge is 0.390 e. The lowest BCUT2D eigenvalue weighted by molar-refractivity contribution is 0.0481. The van der Waals surface area contributed by atoms with Gasteiger partial charge >= 0.3 is 0 Å². The van der Waals surface area contributed by atoms with Gasteiger partial charge in [-0.15, -0.1) is 0 Å². The van der Waals surface area contributed by atoms with Crippen LogP contribution < -0.4 is 16.2 Å². The number of hydrazine groups is 1. The summed E-state index contributed by atoms with van der Waals surface area (Å²) in [5.41, 5.74) is 1.96. The van der Waals surface area contributed by atoms with Gasteiger partial charge in [0.25, 0.3) is 0 Å². The Morgan fingerprint density at radius 3 is 2.95 bits per heavy atom. The molecule has 0 aliphatic carbocycles. The van der Waals surface area contributed by atoms with Gasteiger partial charge in [-0.1, -0.05) is 0 Å². The van der Waals surface area contributed by atoms with Crippen LogP contribution >= 0.6 is 0 Å². The number of anilines is 2. The molecule has 1 atom stereocenters. The monoisotopic (exact) mass is 281 g/mol. The summed E-state index contributed by atoms with van der Waals surface area (Å²) < 4.78 is 5.08. The Hall–Kier alpha value is -1.44. The summed E-state index contributed by atoms with van der Waals surface area (Å²) in [6.07, 6.45) is 2.46. The van der Waals surface area contributed by atoms with E-state index in [1.165, 1.54) is 0 Å². The van der Waals surface area contributed by atoms with Crippen molar-refractivity contribution < 1.29 is 9.84 Å². The minimum Gasteiger partial charge on any atom is -0.390 e. The molecule has 0 saturated carbocycles. The third-order valence-corrected chi connectivity index (χ3v) is 3.57. The van der Waals surface area contributed by atoms with E-state index in [9.17, 15) is 5.11 Å². The van der Waals surface area contributed by atoms with E-state index in [4.69, 9.17) is 10.6 Å². The van der Waals surface area contributed by atoms with E-state index >= 15 is 0 Å². The van der Waals surface area contributed by atoms with Crippen LogP contribution in [-0.4, -0.2) is 40.9 Å². The fraction of sp³-hybridized carbons (Fsp3) is 0.692. The molecule has 2 heterocycles. The SMILES string of the molecule is COCc1nc(NN)cc(N2CCCC(C)(O)CC2)n1. The van der Waals surface area contributed by atoms with Gasteiger partial charge in [0.1, 0.15) is 18.2 Å². The number of ether oxygens (including phenoxy) is 1. The predicted octanol–water partition coefficient (Wildman–Crippen LogP) is 0.650. The summed E-state index contributed by atoms with van der Waals surface area (Å²) in [6, 6.07) is 1.82. The van der Waals surface area contributed by atoms with E-state index in [0.717, 1.165) is 38.2 Å². The lowest BCUT2D eigenvalue weighted by Crippen LogP contribution is -2.29. The number of nitrogens with zero attached hydrogens (tertiary/aromatic N) is 3.